The van der Waals surface area contributed by atoms with E-state index in [0.29, 0.717) is 40.9 Å². The summed E-state index contributed by atoms with van der Waals surface area (Å²) in [5, 5.41) is 8.46. The average molecular weight is 400 g/mol. The quantitative estimate of drug-likeness (QED) is 0.588. The van der Waals surface area contributed by atoms with Crippen LogP contribution < -0.4 is 21.5 Å². The predicted molar refractivity (Wildman–Crippen MR) is 103 cm³/mol. The second kappa shape index (κ2) is 9.46. The zero-order valence-electron chi connectivity index (χ0n) is 14.0. The number of nitrogens with one attached hydrogen (secondary N) is 1. The Hall–Kier alpha value is -2.23. The Bertz CT molecular complexity index is 792. The molecule has 1 aromatic heterocycles. The lowest BCUT2D eigenvalue weighted by Gasteiger charge is -2.14. The lowest BCUT2D eigenvalue weighted by molar-refractivity contribution is -0.112. The summed E-state index contributed by atoms with van der Waals surface area (Å²) < 4.78 is 19.4. The average Bonchev–Trinajstić information content (AvgIpc) is 2.96. The van der Waals surface area contributed by atoms with Gasteiger partial charge in [0.25, 0.3) is 5.91 Å². The number of anilines is 1. The largest absolute Gasteiger partial charge is 0.492 e. The molecule has 0 saturated heterocycles. The number of alkyl halides is 1. The van der Waals surface area contributed by atoms with Crippen molar-refractivity contribution in [3.05, 3.63) is 40.5 Å². The maximum absolute atomic E-state index is 12.2. The highest BCUT2D eigenvalue weighted by molar-refractivity contribution is 8.02. The topological polar surface area (TPSA) is 108 Å². The highest BCUT2D eigenvalue weighted by Gasteiger charge is 2.16. The number of rotatable bonds is 8. The van der Waals surface area contributed by atoms with Crippen molar-refractivity contribution < 1.29 is 13.9 Å². The van der Waals surface area contributed by atoms with Crippen LogP contribution in [0.4, 0.5) is 10.1 Å². The summed E-state index contributed by atoms with van der Waals surface area (Å²) >= 11 is 7.03. The molecule has 0 spiro atoms. The molecular weight excluding hydrogens is 381 g/mol. The minimum Gasteiger partial charge on any atom is -0.492 e. The van der Waals surface area contributed by atoms with Crippen LogP contribution in [0, 0.1) is 0 Å². The van der Waals surface area contributed by atoms with Crippen molar-refractivity contribution >= 4 is 35.0 Å². The molecule has 1 heterocycles. The van der Waals surface area contributed by atoms with Crippen molar-refractivity contribution in [1.82, 2.24) is 9.78 Å². The van der Waals surface area contributed by atoms with Gasteiger partial charge in [-0.1, -0.05) is 23.4 Å². The van der Waals surface area contributed by atoms with E-state index in [4.69, 9.17) is 27.8 Å². The molecule has 2 aromatic rings. The molecule has 5 N–H and O–H groups in total. The third kappa shape index (κ3) is 4.90. The van der Waals surface area contributed by atoms with Gasteiger partial charge >= 0.3 is 0 Å². The Morgan fingerprint density at radius 2 is 2.31 bits per heavy atom. The molecular formula is C16H19ClFN5O2S. The van der Waals surface area contributed by atoms with Crippen LogP contribution in [0.3, 0.4) is 0 Å². The van der Waals surface area contributed by atoms with Gasteiger partial charge in [-0.05, 0) is 18.2 Å². The van der Waals surface area contributed by atoms with Crippen LogP contribution in [0.5, 0.6) is 5.75 Å². The van der Waals surface area contributed by atoms with E-state index in [1.54, 1.807) is 29.9 Å². The lowest BCUT2D eigenvalue weighted by atomic mass is 10.1. The lowest BCUT2D eigenvalue weighted by Crippen LogP contribution is -2.19. The summed E-state index contributed by atoms with van der Waals surface area (Å²) in [4.78, 5) is 12.1. The molecule has 0 saturated carbocycles. The number of nitrogens with zero attached hydrogens (tertiary/aromatic N) is 2. The fourth-order valence-electron chi connectivity index (χ4n) is 2.18. The molecule has 0 atom stereocenters. The van der Waals surface area contributed by atoms with E-state index in [-0.39, 0.29) is 5.70 Å². The van der Waals surface area contributed by atoms with Gasteiger partial charge in [-0.3, -0.25) is 9.48 Å². The summed E-state index contributed by atoms with van der Waals surface area (Å²) in [5.41, 5.74) is 12.8. The number of carbonyl (C=O) groups is 1. The number of ether oxygens (including phenoxy) is 1. The van der Waals surface area contributed by atoms with Gasteiger partial charge in [0.2, 0.25) is 0 Å². The number of thioether (sulfide) groups is 1. The van der Waals surface area contributed by atoms with Gasteiger partial charge in [0, 0.05) is 30.3 Å². The molecule has 0 fully saturated rings. The van der Waals surface area contributed by atoms with E-state index in [9.17, 15) is 9.18 Å². The third-order valence-corrected chi connectivity index (χ3v) is 4.12. The van der Waals surface area contributed by atoms with Gasteiger partial charge in [-0.25, -0.2) is 4.39 Å². The first kappa shape index (κ1) is 20.1. The Morgan fingerprint density at radius 3 is 2.92 bits per heavy atom. The molecule has 0 aliphatic rings. The molecule has 0 aliphatic carbocycles. The maximum Gasteiger partial charge on any atom is 0.272 e. The van der Waals surface area contributed by atoms with Crippen molar-refractivity contribution in [3.8, 4) is 17.0 Å². The van der Waals surface area contributed by atoms with Crippen molar-refractivity contribution in [1.29, 1.82) is 0 Å². The van der Waals surface area contributed by atoms with Crippen LogP contribution in [-0.4, -0.2) is 34.8 Å². The number of aryl methyl sites for hydroxylation is 1. The van der Waals surface area contributed by atoms with E-state index >= 15 is 0 Å². The van der Waals surface area contributed by atoms with Crippen LogP contribution in [-0.2, 0) is 11.8 Å². The van der Waals surface area contributed by atoms with Crippen LogP contribution in [0.15, 0.2) is 35.5 Å². The molecule has 1 aromatic carbocycles. The van der Waals surface area contributed by atoms with E-state index in [1.165, 1.54) is 11.6 Å². The number of carbonyl (C=O) groups excluding carboxylic acids is 1. The number of aromatic nitrogens is 2. The fraction of sp³-hybridized carbons (Fsp3) is 0.250. The molecule has 7 nitrogen and oxygen atoms in total. The van der Waals surface area contributed by atoms with Crippen molar-refractivity contribution in [3.63, 3.8) is 0 Å². The van der Waals surface area contributed by atoms with E-state index in [0.717, 1.165) is 11.8 Å². The van der Waals surface area contributed by atoms with Crippen LogP contribution >= 0.6 is 23.4 Å². The zero-order valence-corrected chi connectivity index (χ0v) is 15.6. The highest BCUT2D eigenvalue weighted by Crippen LogP contribution is 2.36. The first-order chi connectivity index (χ1) is 12.5. The molecule has 10 heteroatoms. The third-order valence-electron chi connectivity index (χ3n) is 3.30. The van der Waals surface area contributed by atoms with Gasteiger partial charge in [0.1, 0.15) is 24.1 Å². The molecule has 2 rings (SSSR count). The summed E-state index contributed by atoms with van der Waals surface area (Å²) in [6.45, 7) is 0.676. The highest BCUT2D eigenvalue weighted by atomic mass is 35.5. The van der Waals surface area contributed by atoms with E-state index in [2.05, 4.69) is 10.4 Å². The molecule has 0 bridgehead atoms. The number of benzene rings is 1. The predicted octanol–water partition coefficient (Wildman–Crippen LogP) is 2.48. The Labute approximate surface area is 159 Å². The van der Waals surface area contributed by atoms with Gasteiger partial charge in [0.05, 0.1) is 16.9 Å². The molecule has 0 aliphatic heterocycles. The fourth-order valence-corrected chi connectivity index (χ4v) is 2.80. The van der Waals surface area contributed by atoms with Crippen molar-refractivity contribution in [2.45, 2.75) is 0 Å². The standard InChI is InChI=1S/C16H19ClFN5O2S/c1-23-15(12(17)7-21-23)11-6-10(2-3-14(11)25-5-4-19)22-16(24)13(20)8-26-9-18/h2-3,6-8H,4-5,9,19-20H2,1H3,(H,22,24)/b13-8-. The maximum atomic E-state index is 12.2. The molecule has 0 radical (unpaired) electrons. The van der Waals surface area contributed by atoms with Gasteiger partial charge in [-0.15, -0.1) is 0 Å². The number of hydrogen-bond acceptors (Lipinski definition) is 6. The Kier molecular flexibility index (Phi) is 7.31. The van der Waals surface area contributed by atoms with Gasteiger partial charge < -0.3 is 21.5 Å². The van der Waals surface area contributed by atoms with Gasteiger partial charge in [-0.2, -0.15) is 5.10 Å². The van der Waals surface area contributed by atoms with Crippen LogP contribution in [0.2, 0.25) is 5.02 Å². The second-order valence-corrected chi connectivity index (χ2v) is 6.31. The second-order valence-electron chi connectivity index (χ2n) is 5.12. The van der Waals surface area contributed by atoms with Crippen LogP contribution in [0.1, 0.15) is 0 Å². The number of nitrogens with two attached hydrogens (primary N) is 2. The van der Waals surface area contributed by atoms with Gasteiger partial charge in [0.15, 0.2) is 0 Å². The van der Waals surface area contributed by atoms with Crippen LogP contribution in [0.25, 0.3) is 11.3 Å². The normalized spacial score (nSPS) is 11.5. The number of halogens is 2. The first-order valence-electron chi connectivity index (χ1n) is 7.57. The minimum absolute atomic E-state index is 0.0868. The van der Waals surface area contributed by atoms with Crippen molar-refractivity contribution in [2.75, 3.05) is 24.5 Å². The zero-order chi connectivity index (χ0) is 19.1. The Balaban J connectivity index is 2.36. The number of amides is 1. The monoisotopic (exact) mass is 399 g/mol. The first-order valence-corrected chi connectivity index (χ1v) is 9.00. The summed E-state index contributed by atoms with van der Waals surface area (Å²) in [6.07, 6.45) is 1.52. The minimum atomic E-state index is -0.662. The number of hydrogen-bond donors (Lipinski definition) is 3. The van der Waals surface area contributed by atoms with Crippen molar-refractivity contribution in [2.24, 2.45) is 18.5 Å². The SMILES string of the molecule is Cn1ncc(Cl)c1-c1cc(NC(=O)/C(N)=C/SCF)ccc1OCCN. The van der Waals surface area contributed by atoms with E-state index in [1.807, 2.05) is 0 Å². The smallest absolute Gasteiger partial charge is 0.272 e. The van der Waals surface area contributed by atoms with E-state index < -0.39 is 11.9 Å². The molecule has 140 valence electrons. The summed E-state index contributed by atoms with van der Waals surface area (Å²) in [7, 11) is 1.74. The summed E-state index contributed by atoms with van der Waals surface area (Å²) in [6, 6.07) is 4.39. The molecule has 26 heavy (non-hydrogen) atoms. The molecule has 1 amide bonds. The summed E-state index contributed by atoms with van der Waals surface area (Å²) in [5.74, 6) is 0.0130. The molecule has 0 unspecified atom stereocenters. The Morgan fingerprint density at radius 1 is 1.54 bits per heavy atom.